The molecule has 3 aromatic carbocycles. The van der Waals surface area contributed by atoms with Gasteiger partial charge in [0, 0.05) is 0 Å². The van der Waals surface area contributed by atoms with Crippen molar-refractivity contribution in [2.45, 2.75) is 0 Å². The van der Waals surface area contributed by atoms with Crippen LogP contribution in [0.1, 0.15) is 0 Å². The minimum atomic E-state index is -4.22. The smallest absolute Gasteiger partial charge is 0.761 e. The predicted molar refractivity (Wildman–Crippen MR) is 87.0 cm³/mol. The summed E-state index contributed by atoms with van der Waals surface area (Å²) in [4.78, 5) is 13.1. The van der Waals surface area contributed by atoms with Gasteiger partial charge in [-0.2, -0.15) is 0 Å². The molecule has 0 unspecified atom stereocenters. The molecule has 0 saturated heterocycles. The third-order valence-electron chi connectivity index (χ3n) is 2.96. The standard InChI is InChI=1S/C18H15O4Si.K/c19-23(20-16-10-4-1-5-11-16,21-17-12-6-2-7-13-17)22-18-14-8-3-9-15-18;/h1-15H;/q-1;+1. The minimum Gasteiger partial charge on any atom is -0.761 e. The summed E-state index contributed by atoms with van der Waals surface area (Å²) in [7, 11) is -4.22. The summed E-state index contributed by atoms with van der Waals surface area (Å²) in [5.41, 5.74) is 0. The van der Waals surface area contributed by atoms with E-state index in [1.807, 2.05) is 18.2 Å². The third-order valence-corrected chi connectivity index (χ3v) is 4.42. The van der Waals surface area contributed by atoms with Crippen LogP contribution in [0.2, 0.25) is 0 Å². The molecule has 3 aromatic rings. The van der Waals surface area contributed by atoms with Crippen LogP contribution in [0.5, 0.6) is 17.2 Å². The second kappa shape index (κ2) is 9.38. The fourth-order valence-corrected chi connectivity index (χ4v) is 3.36. The van der Waals surface area contributed by atoms with Crippen molar-refractivity contribution in [2.75, 3.05) is 0 Å². The molecule has 0 aliphatic heterocycles. The van der Waals surface area contributed by atoms with Crippen molar-refractivity contribution in [3.63, 3.8) is 0 Å². The number of benzene rings is 3. The molecule has 0 aliphatic carbocycles. The van der Waals surface area contributed by atoms with Gasteiger partial charge in [-0.25, -0.2) is 0 Å². The second-order valence-corrected chi connectivity index (χ2v) is 6.36. The van der Waals surface area contributed by atoms with Crippen molar-refractivity contribution in [1.29, 1.82) is 0 Å². The first kappa shape index (κ1) is 19.2. The Hall–Kier alpha value is -1.13. The molecule has 0 atom stereocenters. The van der Waals surface area contributed by atoms with Crippen molar-refractivity contribution in [2.24, 2.45) is 0 Å². The molecule has 0 heterocycles. The minimum absolute atomic E-state index is 0. The first-order valence-electron chi connectivity index (χ1n) is 7.16. The van der Waals surface area contributed by atoms with Crippen LogP contribution in [0.15, 0.2) is 91.0 Å². The Bertz CT molecular complexity index is 624. The summed E-state index contributed by atoms with van der Waals surface area (Å²) in [6.45, 7) is 0. The van der Waals surface area contributed by atoms with Crippen LogP contribution in [0.4, 0.5) is 0 Å². The normalized spacial score (nSPS) is 10.4. The second-order valence-electron chi connectivity index (χ2n) is 4.75. The Morgan fingerprint density at radius 1 is 0.500 bits per heavy atom. The Balaban J connectivity index is 0.00000208. The van der Waals surface area contributed by atoms with Gasteiger partial charge in [-0.05, 0) is 36.4 Å². The van der Waals surface area contributed by atoms with Gasteiger partial charge in [0.25, 0.3) is 0 Å². The molecule has 6 heteroatoms. The fourth-order valence-electron chi connectivity index (χ4n) is 1.96. The maximum Gasteiger partial charge on any atom is 1.00 e. The maximum absolute atomic E-state index is 13.1. The zero-order valence-corrected chi connectivity index (χ0v) is 17.4. The summed E-state index contributed by atoms with van der Waals surface area (Å²) in [5.74, 6) is 1.25. The van der Waals surface area contributed by atoms with Crippen molar-refractivity contribution in [1.82, 2.24) is 0 Å². The fraction of sp³-hybridized carbons (Fsp3) is 0. The number of rotatable bonds is 6. The van der Waals surface area contributed by atoms with E-state index < -0.39 is 9.05 Å². The Kier molecular flexibility index (Phi) is 7.51. The van der Waals surface area contributed by atoms with Crippen molar-refractivity contribution < 1.29 is 69.5 Å². The van der Waals surface area contributed by atoms with E-state index in [-0.39, 0.29) is 51.4 Å². The molecule has 0 radical (unpaired) electrons. The van der Waals surface area contributed by atoms with E-state index in [4.69, 9.17) is 13.3 Å². The zero-order chi connectivity index (χ0) is 16.0. The van der Waals surface area contributed by atoms with Crippen molar-refractivity contribution >= 4 is 9.05 Å². The van der Waals surface area contributed by atoms with Crippen LogP contribution >= 0.6 is 0 Å². The van der Waals surface area contributed by atoms with Gasteiger partial charge in [0.05, 0.1) is 0 Å². The van der Waals surface area contributed by atoms with Crippen molar-refractivity contribution in [3.05, 3.63) is 91.0 Å². The molecule has 24 heavy (non-hydrogen) atoms. The van der Waals surface area contributed by atoms with Crippen LogP contribution in [-0.4, -0.2) is 9.05 Å². The van der Waals surface area contributed by atoms with Gasteiger partial charge < -0.3 is 18.1 Å². The topological polar surface area (TPSA) is 50.8 Å². The summed E-state index contributed by atoms with van der Waals surface area (Å²) in [5, 5.41) is 0. The van der Waals surface area contributed by atoms with E-state index in [1.165, 1.54) is 0 Å². The molecular weight excluding hydrogens is 347 g/mol. The average molecular weight is 362 g/mol. The number of hydrogen-bond donors (Lipinski definition) is 0. The number of hydrogen-bond acceptors (Lipinski definition) is 4. The van der Waals surface area contributed by atoms with E-state index in [1.54, 1.807) is 72.8 Å². The molecule has 3 rings (SSSR count). The molecule has 0 N–H and O–H groups in total. The molecule has 4 nitrogen and oxygen atoms in total. The quantitative estimate of drug-likeness (QED) is 0.581. The van der Waals surface area contributed by atoms with E-state index in [2.05, 4.69) is 0 Å². The molecule has 0 aromatic heterocycles. The molecule has 116 valence electrons. The average Bonchev–Trinajstić information content (AvgIpc) is 2.57. The van der Waals surface area contributed by atoms with E-state index in [0.29, 0.717) is 17.2 Å². The van der Waals surface area contributed by atoms with E-state index >= 15 is 0 Å². The van der Waals surface area contributed by atoms with Gasteiger partial charge >= 0.3 is 60.4 Å². The zero-order valence-electron chi connectivity index (χ0n) is 13.3. The van der Waals surface area contributed by atoms with Crippen LogP contribution in [0.3, 0.4) is 0 Å². The first-order valence-corrected chi connectivity index (χ1v) is 8.79. The predicted octanol–water partition coefficient (Wildman–Crippen LogP) is 0.0233. The first-order chi connectivity index (χ1) is 11.2. The molecule has 0 fully saturated rings. The Labute approximate surface area is 184 Å². The van der Waals surface area contributed by atoms with Gasteiger partial charge in [-0.3, -0.25) is 0 Å². The van der Waals surface area contributed by atoms with Crippen LogP contribution in [0.25, 0.3) is 0 Å². The van der Waals surface area contributed by atoms with E-state index in [0.717, 1.165) is 0 Å². The molecular formula is C18H15KO4Si. The largest absolute Gasteiger partial charge is 1.00 e. The third kappa shape index (κ3) is 5.75. The van der Waals surface area contributed by atoms with Crippen LogP contribution in [0, 0.1) is 0 Å². The van der Waals surface area contributed by atoms with Crippen molar-refractivity contribution in [3.8, 4) is 17.2 Å². The Morgan fingerprint density at radius 2 is 0.750 bits per heavy atom. The molecule has 0 spiro atoms. The van der Waals surface area contributed by atoms with Crippen LogP contribution < -0.4 is 69.5 Å². The number of para-hydroxylation sites is 3. The summed E-state index contributed by atoms with van der Waals surface area (Å²) in [6, 6.07) is 26.4. The Morgan fingerprint density at radius 3 is 1.00 bits per heavy atom. The van der Waals surface area contributed by atoms with E-state index in [9.17, 15) is 4.80 Å². The summed E-state index contributed by atoms with van der Waals surface area (Å²) < 4.78 is 16.6. The van der Waals surface area contributed by atoms with Gasteiger partial charge in [0.2, 0.25) is 0 Å². The van der Waals surface area contributed by atoms with Crippen LogP contribution in [-0.2, 0) is 0 Å². The van der Waals surface area contributed by atoms with Gasteiger partial charge in [0.1, 0.15) is 17.2 Å². The molecule has 0 aliphatic rings. The molecule has 0 bridgehead atoms. The van der Waals surface area contributed by atoms with Gasteiger partial charge in [-0.15, -0.1) is 0 Å². The maximum atomic E-state index is 13.1. The molecule has 0 amide bonds. The van der Waals surface area contributed by atoms with Gasteiger partial charge in [-0.1, -0.05) is 54.6 Å². The molecule has 0 saturated carbocycles. The SMILES string of the molecule is [K+].[O-][Si](Oc1ccccc1)(Oc1ccccc1)Oc1ccccc1. The summed E-state index contributed by atoms with van der Waals surface area (Å²) in [6.07, 6.45) is 0. The van der Waals surface area contributed by atoms with Gasteiger partial charge in [0.15, 0.2) is 0 Å². The monoisotopic (exact) mass is 362 g/mol. The summed E-state index contributed by atoms with van der Waals surface area (Å²) >= 11 is 0.